The summed E-state index contributed by atoms with van der Waals surface area (Å²) in [5.41, 5.74) is 0. The lowest BCUT2D eigenvalue weighted by atomic mass is 10.0. The van der Waals surface area contributed by atoms with Gasteiger partial charge in [0.25, 0.3) is 0 Å². The van der Waals surface area contributed by atoms with E-state index in [1.165, 1.54) is 0 Å². The van der Waals surface area contributed by atoms with Crippen LogP contribution in [0.3, 0.4) is 0 Å². The van der Waals surface area contributed by atoms with Crippen LogP contribution in [0.25, 0.3) is 0 Å². The molecule has 1 saturated heterocycles. The lowest BCUT2D eigenvalue weighted by Gasteiger charge is -2.15. The minimum Gasteiger partial charge on any atom is -0.378 e. The van der Waals surface area contributed by atoms with Gasteiger partial charge in [0, 0.05) is 40.2 Å². The number of nitrogens with one attached hydrogen (secondary N) is 1. The summed E-state index contributed by atoms with van der Waals surface area (Å²) in [6.07, 6.45) is 2.08. The smallest absolute Gasteiger partial charge is 0.223 e. The standard InChI is InChI=1S/C11H22N2O2/c1-9-10(5-7-15-9)8-12-6-4-11(14)13(2)3/h9-10,12H,4-8H2,1-3H3. The third-order valence-electron chi connectivity index (χ3n) is 2.95. The van der Waals surface area contributed by atoms with Crippen molar-refractivity contribution in [2.45, 2.75) is 25.9 Å². The topological polar surface area (TPSA) is 41.6 Å². The van der Waals surface area contributed by atoms with Gasteiger partial charge in [-0.1, -0.05) is 0 Å². The highest BCUT2D eigenvalue weighted by Gasteiger charge is 2.23. The molecule has 4 heteroatoms. The van der Waals surface area contributed by atoms with Crippen LogP contribution >= 0.6 is 0 Å². The molecule has 1 heterocycles. The molecule has 0 aromatic heterocycles. The van der Waals surface area contributed by atoms with E-state index in [0.717, 1.165) is 26.1 Å². The van der Waals surface area contributed by atoms with E-state index in [4.69, 9.17) is 4.74 Å². The molecule has 15 heavy (non-hydrogen) atoms. The highest BCUT2D eigenvalue weighted by molar-refractivity contribution is 5.75. The molecule has 0 aliphatic carbocycles. The molecule has 0 aromatic carbocycles. The van der Waals surface area contributed by atoms with Crippen molar-refractivity contribution in [3.8, 4) is 0 Å². The van der Waals surface area contributed by atoms with Crippen LogP contribution in [0.15, 0.2) is 0 Å². The van der Waals surface area contributed by atoms with Gasteiger partial charge in [0.1, 0.15) is 0 Å². The van der Waals surface area contributed by atoms with Crippen LogP contribution < -0.4 is 5.32 Å². The van der Waals surface area contributed by atoms with E-state index in [1.807, 2.05) is 0 Å². The summed E-state index contributed by atoms with van der Waals surface area (Å²) in [5, 5.41) is 3.32. The van der Waals surface area contributed by atoms with Gasteiger partial charge < -0.3 is 15.0 Å². The number of nitrogens with zero attached hydrogens (tertiary/aromatic N) is 1. The fourth-order valence-electron chi connectivity index (χ4n) is 1.75. The normalized spacial score (nSPS) is 25.5. The van der Waals surface area contributed by atoms with Crippen LogP contribution in [-0.4, -0.2) is 50.7 Å². The first kappa shape index (κ1) is 12.5. The number of carbonyl (C=O) groups excluding carboxylic acids is 1. The van der Waals surface area contributed by atoms with Gasteiger partial charge in [-0.25, -0.2) is 0 Å². The molecule has 4 nitrogen and oxygen atoms in total. The Morgan fingerprint density at radius 1 is 1.53 bits per heavy atom. The Balaban J connectivity index is 2.04. The number of amides is 1. The molecule has 0 bridgehead atoms. The van der Waals surface area contributed by atoms with Gasteiger partial charge in [-0.2, -0.15) is 0 Å². The van der Waals surface area contributed by atoms with E-state index in [2.05, 4.69) is 12.2 Å². The van der Waals surface area contributed by atoms with Crippen molar-refractivity contribution in [2.24, 2.45) is 5.92 Å². The Hall–Kier alpha value is -0.610. The first-order chi connectivity index (χ1) is 7.11. The number of rotatable bonds is 5. The fraction of sp³-hybridized carbons (Fsp3) is 0.909. The summed E-state index contributed by atoms with van der Waals surface area (Å²) in [4.78, 5) is 12.9. The first-order valence-corrected chi connectivity index (χ1v) is 5.63. The van der Waals surface area contributed by atoms with E-state index in [1.54, 1.807) is 19.0 Å². The Morgan fingerprint density at radius 2 is 2.27 bits per heavy atom. The highest BCUT2D eigenvalue weighted by Crippen LogP contribution is 2.19. The molecule has 0 radical (unpaired) electrons. The third kappa shape index (κ3) is 4.18. The highest BCUT2D eigenvalue weighted by atomic mass is 16.5. The minimum atomic E-state index is 0.179. The molecule has 1 aliphatic heterocycles. The van der Waals surface area contributed by atoms with Gasteiger partial charge in [0.2, 0.25) is 5.91 Å². The van der Waals surface area contributed by atoms with E-state index in [0.29, 0.717) is 18.4 Å². The number of ether oxygens (including phenoxy) is 1. The van der Waals surface area contributed by atoms with Gasteiger partial charge in [0.15, 0.2) is 0 Å². The monoisotopic (exact) mass is 214 g/mol. The van der Waals surface area contributed by atoms with Crippen molar-refractivity contribution in [3.63, 3.8) is 0 Å². The first-order valence-electron chi connectivity index (χ1n) is 5.63. The Kier molecular flexibility index (Phi) is 5.05. The molecular formula is C11H22N2O2. The van der Waals surface area contributed by atoms with Gasteiger partial charge in [-0.3, -0.25) is 4.79 Å². The predicted molar refractivity (Wildman–Crippen MR) is 59.7 cm³/mol. The molecular weight excluding hydrogens is 192 g/mol. The van der Waals surface area contributed by atoms with Crippen molar-refractivity contribution in [2.75, 3.05) is 33.8 Å². The van der Waals surface area contributed by atoms with E-state index in [-0.39, 0.29) is 5.91 Å². The van der Waals surface area contributed by atoms with Crippen LogP contribution in [0, 0.1) is 5.92 Å². The maximum Gasteiger partial charge on any atom is 0.223 e. The molecule has 1 fully saturated rings. The maximum atomic E-state index is 11.3. The molecule has 1 aliphatic rings. The second kappa shape index (κ2) is 6.08. The average Bonchev–Trinajstić information content (AvgIpc) is 2.58. The van der Waals surface area contributed by atoms with Crippen LogP contribution in [0.4, 0.5) is 0 Å². The van der Waals surface area contributed by atoms with Crippen LogP contribution in [0.2, 0.25) is 0 Å². The molecule has 0 saturated carbocycles. The minimum absolute atomic E-state index is 0.179. The molecule has 1 rings (SSSR count). The van der Waals surface area contributed by atoms with Crippen molar-refractivity contribution in [1.82, 2.24) is 10.2 Å². The lowest BCUT2D eigenvalue weighted by Crippen LogP contribution is -2.31. The van der Waals surface area contributed by atoms with Crippen LogP contribution in [-0.2, 0) is 9.53 Å². The Bertz CT molecular complexity index is 207. The van der Waals surface area contributed by atoms with Gasteiger partial charge in [-0.05, 0) is 19.3 Å². The van der Waals surface area contributed by atoms with Crippen LogP contribution in [0.5, 0.6) is 0 Å². The molecule has 1 amide bonds. The summed E-state index contributed by atoms with van der Waals surface area (Å²) in [6, 6.07) is 0. The Labute approximate surface area is 92.0 Å². The lowest BCUT2D eigenvalue weighted by molar-refractivity contribution is -0.128. The van der Waals surface area contributed by atoms with Crippen LogP contribution in [0.1, 0.15) is 19.8 Å². The molecule has 2 atom stereocenters. The molecule has 0 aromatic rings. The van der Waals surface area contributed by atoms with Crippen molar-refractivity contribution in [3.05, 3.63) is 0 Å². The van der Waals surface area contributed by atoms with Gasteiger partial charge in [-0.15, -0.1) is 0 Å². The second-order valence-electron chi connectivity index (χ2n) is 4.37. The molecule has 1 N–H and O–H groups in total. The predicted octanol–water partition coefficient (Wildman–Crippen LogP) is 0.479. The zero-order chi connectivity index (χ0) is 11.3. The molecule has 0 spiro atoms. The number of carbonyl (C=O) groups is 1. The number of hydrogen-bond donors (Lipinski definition) is 1. The quantitative estimate of drug-likeness (QED) is 0.677. The second-order valence-corrected chi connectivity index (χ2v) is 4.37. The average molecular weight is 214 g/mol. The SMILES string of the molecule is CC1OCCC1CNCCC(=O)N(C)C. The van der Waals surface area contributed by atoms with Gasteiger partial charge >= 0.3 is 0 Å². The Morgan fingerprint density at radius 3 is 2.80 bits per heavy atom. The summed E-state index contributed by atoms with van der Waals surface area (Å²) in [5.74, 6) is 0.790. The zero-order valence-electron chi connectivity index (χ0n) is 9.95. The fourth-order valence-corrected chi connectivity index (χ4v) is 1.75. The molecule has 88 valence electrons. The van der Waals surface area contributed by atoms with Crippen molar-refractivity contribution in [1.29, 1.82) is 0 Å². The summed E-state index contributed by atoms with van der Waals surface area (Å²) in [6.45, 7) is 4.72. The van der Waals surface area contributed by atoms with E-state index in [9.17, 15) is 4.79 Å². The van der Waals surface area contributed by atoms with Crippen molar-refractivity contribution < 1.29 is 9.53 Å². The maximum absolute atomic E-state index is 11.3. The summed E-state index contributed by atoms with van der Waals surface area (Å²) >= 11 is 0. The summed E-state index contributed by atoms with van der Waals surface area (Å²) < 4.78 is 5.47. The third-order valence-corrected chi connectivity index (χ3v) is 2.95. The van der Waals surface area contributed by atoms with Gasteiger partial charge in [0.05, 0.1) is 6.10 Å². The number of hydrogen-bond acceptors (Lipinski definition) is 3. The molecule has 2 unspecified atom stereocenters. The zero-order valence-corrected chi connectivity index (χ0v) is 9.95. The van der Waals surface area contributed by atoms with E-state index >= 15 is 0 Å². The van der Waals surface area contributed by atoms with Crippen molar-refractivity contribution >= 4 is 5.91 Å². The van der Waals surface area contributed by atoms with E-state index < -0.39 is 0 Å². The summed E-state index contributed by atoms with van der Waals surface area (Å²) in [7, 11) is 3.57. The largest absolute Gasteiger partial charge is 0.378 e.